The fourth-order valence-electron chi connectivity index (χ4n) is 2.40. The molecule has 1 aliphatic rings. The molecule has 1 aromatic heterocycles. The van der Waals surface area contributed by atoms with Gasteiger partial charge in [0.1, 0.15) is 0 Å². The minimum atomic E-state index is 0.607. The Morgan fingerprint density at radius 1 is 1.53 bits per heavy atom. The predicted molar refractivity (Wildman–Crippen MR) is 65.6 cm³/mol. The van der Waals surface area contributed by atoms with Gasteiger partial charge < -0.3 is 9.84 Å². The molecule has 96 valence electrons. The van der Waals surface area contributed by atoms with Crippen molar-refractivity contribution in [1.82, 2.24) is 20.4 Å². The van der Waals surface area contributed by atoms with Crippen LogP contribution in [0.15, 0.2) is 4.52 Å². The van der Waals surface area contributed by atoms with Crippen molar-refractivity contribution in [2.24, 2.45) is 0 Å². The van der Waals surface area contributed by atoms with Gasteiger partial charge in [-0.15, -0.1) is 0 Å². The summed E-state index contributed by atoms with van der Waals surface area (Å²) in [5.41, 5.74) is 0. The third kappa shape index (κ3) is 3.51. The van der Waals surface area contributed by atoms with Crippen LogP contribution in [0.4, 0.5) is 0 Å². The predicted octanol–water partition coefficient (Wildman–Crippen LogP) is 1.34. The van der Waals surface area contributed by atoms with Crippen LogP contribution in [-0.2, 0) is 6.54 Å². The Morgan fingerprint density at radius 2 is 2.41 bits per heavy atom. The van der Waals surface area contributed by atoms with Crippen LogP contribution in [-0.4, -0.2) is 40.7 Å². The zero-order chi connectivity index (χ0) is 12.1. The van der Waals surface area contributed by atoms with Crippen molar-refractivity contribution in [3.8, 4) is 0 Å². The van der Waals surface area contributed by atoms with E-state index in [4.69, 9.17) is 4.52 Å². The molecule has 5 heteroatoms. The van der Waals surface area contributed by atoms with Crippen LogP contribution in [0, 0.1) is 6.92 Å². The van der Waals surface area contributed by atoms with E-state index in [1.54, 1.807) is 0 Å². The first-order valence-corrected chi connectivity index (χ1v) is 6.53. The molecule has 1 saturated heterocycles. The number of nitrogens with zero attached hydrogens (tertiary/aromatic N) is 3. The van der Waals surface area contributed by atoms with Crippen molar-refractivity contribution in [3.05, 3.63) is 11.7 Å². The average molecular weight is 238 g/mol. The molecule has 1 unspecified atom stereocenters. The van der Waals surface area contributed by atoms with Gasteiger partial charge in [0.25, 0.3) is 0 Å². The number of hydrogen-bond donors (Lipinski definition) is 1. The highest BCUT2D eigenvalue weighted by molar-refractivity contribution is 4.86. The average Bonchev–Trinajstić information content (AvgIpc) is 2.75. The molecule has 1 atom stereocenters. The first-order valence-electron chi connectivity index (χ1n) is 6.53. The van der Waals surface area contributed by atoms with Crippen LogP contribution in [0.2, 0.25) is 0 Å². The van der Waals surface area contributed by atoms with Crippen LogP contribution in [0.25, 0.3) is 0 Å². The van der Waals surface area contributed by atoms with Crippen LogP contribution in [0.3, 0.4) is 0 Å². The van der Waals surface area contributed by atoms with E-state index in [2.05, 4.69) is 27.3 Å². The fraction of sp³-hybridized carbons (Fsp3) is 0.833. The number of nitrogens with one attached hydrogen (secondary N) is 1. The summed E-state index contributed by atoms with van der Waals surface area (Å²) < 4.78 is 5.21. The topological polar surface area (TPSA) is 54.2 Å². The van der Waals surface area contributed by atoms with Crippen LogP contribution >= 0.6 is 0 Å². The number of rotatable bonds is 5. The lowest BCUT2D eigenvalue weighted by Gasteiger charge is -2.33. The largest absolute Gasteiger partial charge is 0.338 e. The maximum atomic E-state index is 5.21. The van der Waals surface area contributed by atoms with Gasteiger partial charge in [-0.3, -0.25) is 4.90 Å². The SMILES string of the molecule is CCCN(Cc1nc(C)no1)C1CCCNC1. The molecule has 17 heavy (non-hydrogen) atoms. The molecule has 0 saturated carbocycles. The highest BCUT2D eigenvalue weighted by atomic mass is 16.5. The first-order chi connectivity index (χ1) is 8.29. The molecule has 0 radical (unpaired) electrons. The summed E-state index contributed by atoms with van der Waals surface area (Å²) in [5, 5.41) is 7.30. The molecule has 1 fully saturated rings. The smallest absolute Gasteiger partial charge is 0.240 e. The molecular formula is C12H22N4O. The zero-order valence-electron chi connectivity index (χ0n) is 10.8. The van der Waals surface area contributed by atoms with Crippen LogP contribution in [0.1, 0.15) is 37.9 Å². The second kappa shape index (κ2) is 6.12. The monoisotopic (exact) mass is 238 g/mol. The molecule has 0 amide bonds. The molecule has 1 aromatic rings. The second-order valence-corrected chi connectivity index (χ2v) is 4.71. The van der Waals surface area contributed by atoms with Crippen molar-refractivity contribution in [3.63, 3.8) is 0 Å². The quantitative estimate of drug-likeness (QED) is 0.839. The Labute approximate surface area is 103 Å². The van der Waals surface area contributed by atoms with E-state index >= 15 is 0 Å². The minimum absolute atomic E-state index is 0.607. The second-order valence-electron chi connectivity index (χ2n) is 4.71. The summed E-state index contributed by atoms with van der Waals surface area (Å²) >= 11 is 0. The molecule has 0 aromatic carbocycles. The summed E-state index contributed by atoms with van der Waals surface area (Å²) in [6.07, 6.45) is 3.68. The molecule has 2 heterocycles. The molecular weight excluding hydrogens is 216 g/mol. The van der Waals surface area contributed by atoms with Gasteiger partial charge in [0.15, 0.2) is 5.82 Å². The van der Waals surface area contributed by atoms with E-state index in [0.29, 0.717) is 6.04 Å². The molecule has 2 rings (SSSR count). The lowest BCUT2D eigenvalue weighted by molar-refractivity contribution is 0.140. The molecule has 1 aliphatic heterocycles. The summed E-state index contributed by atoms with van der Waals surface area (Å²) in [5.74, 6) is 1.46. The Bertz CT molecular complexity index is 333. The lowest BCUT2D eigenvalue weighted by Crippen LogP contribution is -2.45. The van der Waals surface area contributed by atoms with Gasteiger partial charge in [0, 0.05) is 12.6 Å². The van der Waals surface area contributed by atoms with Gasteiger partial charge in [-0.1, -0.05) is 12.1 Å². The Morgan fingerprint density at radius 3 is 3.00 bits per heavy atom. The minimum Gasteiger partial charge on any atom is -0.338 e. The molecule has 5 nitrogen and oxygen atoms in total. The highest BCUT2D eigenvalue weighted by Gasteiger charge is 2.22. The fourth-order valence-corrected chi connectivity index (χ4v) is 2.40. The van der Waals surface area contributed by atoms with E-state index in [-0.39, 0.29) is 0 Å². The van der Waals surface area contributed by atoms with E-state index in [1.807, 2.05) is 6.92 Å². The third-order valence-electron chi connectivity index (χ3n) is 3.21. The maximum Gasteiger partial charge on any atom is 0.240 e. The van der Waals surface area contributed by atoms with Gasteiger partial charge >= 0.3 is 0 Å². The van der Waals surface area contributed by atoms with Gasteiger partial charge in [0.2, 0.25) is 5.89 Å². The summed E-state index contributed by atoms with van der Waals surface area (Å²) in [7, 11) is 0. The normalized spacial score (nSPS) is 21.0. The maximum absolute atomic E-state index is 5.21. The summed E-state index contributed by atoms with van der Waals surface area (Å²) in [4.78, 5) is 6.75. The van der Waals surface area contributed by atoms with Gasteiger partial charge in [0.05, 0.1) is 6.54 Å². The third-order valence-corrected chi connectivity index (χ3v) is 3.21. The van der Waals surface area contributed by atoms with Crippen molar-refractivity contribution in [2.75, 3.05) is 19.6 Å². The van der Waals surface area contributed by atoms with Crippen LogP contribution < -0.4 is 5.32 Å². The van der Waals surface area contributed by atoms with Crippen molar-refractivity contribution < 1.29 is 4.52 Å². The Hall–Kier alpha value is -0.940. The Kier molecular flexibility index (Phi) is 4.50. The van der Waals surface area contributed by atoms with Gasteiger partial charge in [-0.05, 0) is 39.3 Å². The molecule has 0 aliphatic carbocycles. The summed E-state index contributed by atoms with van der Waals surface area (Å²) in [6.45, 7) is 8.17. The number of piperidine rings is 1. The highest BCUT2D eigenvalue weighted by Crippen LogP contribution is 2.14. The van der Waals surface area contributed by atoms with Gasteiger partial charge in [-0.2, -0.15) is 4.98 Å². The van der Waals surface area contributed by atoms with E-state index in [9.17, 15) is 0 Å². The number of aromatic nitrogens is 2. The zero-order valence-corrected chi connectivity index (χ0v) is 10.8. The van der Waals surface area contributed by atoms with E-state index < -0.39 is 0 Å². The van der Waals surface area contributed by atoms with E-state index in [1.165, 1.54) is 12.8 Å². The lowest BCUT2D eigenvalue weighted by atomic mass is 10.1. The standard InChI is InChI=1S/C12H22N4O/c1-3-7-16(11-5-4-6-13-8-11)9-12-14-10(2)15-17-12/h11,13H,3-9H2,1-2H3. The van der Waals surface area contributed by atoms with Crippen molar-refractivity contribution >= 4 is 0 Å². The van der Waals surface area contributed by atoms with Crippen molar-refractivity contribution in [2.45, 2.75) is 45.7 Å². The van der Waals surface area contributed by atoms with Crippen LogP contribution in [0.5, 0.6) is 0 Å². The molecule has 0 spiro atoms. The molecule has 1 N–H and O–H groups in total. The Balaban J connectivity index is 1.95. The summed E-state index contributed by atoms with van der Waals surface area (Å²) in [6, 6.07) is 0.607. The number of hydrogen-bond acceptors (Lipinski definition) is 5. The van der Waals surface area contributed by atoms with Gasteiger partial charge in [-0.25, -0.2) is 0 Å². The number of aryl methyl sites for hydroxylation is 1. The molecule has 0 bridgehead atoms. The first kappa shape index (κ1) is 12.5. The van der Waals surface area contributed by atoms with Crippen molar-refractivity contribution in [1.29, 1.82) is 0 Å². The van der Waals surface area contributed by atoms with E-state index in [0.717, 1.165) is 44.3 Å².